The van der Waals surface area contributed by atoms with Crippen molar-refractivity contribution in [3.05, 3.63) is 33.8 Å². The van der Waals surface area contributed by atoms with E-state index in [1.165, 1.54) is 0 Å². The van der Waals surface area contributed by atoms with E-state index in [2.05, 4.69) is 0 Å². The van der Waals surface area contributed by atoms with Gasteiger partial charge in [0.25, 0.3) is 0 Å². The molecule has 0 aliphatic heterocycles. The number of benzene rings is 1. The van der Waals surface area contributed by atoms with Gasteiger partial charge < -0.3 is 4.74 Å². The summed E-state index contributed by atoms with van der Waals surface area (Å²) >= 11 is 11.7. The van der Waals surface area contributed by atoms with Gasteiger partial charge in [-0.1, -0.05) is 30.1 Å². The Hall–Kier alpha value is -0.570. The van der Waals surface area contributed by atoms with Crippen LogP contribution >= 0.6 is 23.2 Å². The Morgan fingerprint density at radius 1 is 1.29 bits per heavy atom. The van der Waals surface area contributed by atoms with Crippen LogP contribution in [0.1, 0.15) is 37.6 Å². The molecule has 17 heavy (non-hydrogen) atoms. The Balaban J connectivity index is 3.06. The first kappa shape index (κ1) is 14.5. The molecule has 2 nitrogen and oxygen atoms in total. The van der Waals surface area contributed by atoms with Crippen LogP contribution in [0.4, 0.5) is 0 Å². The quantitative estimate of drug-likeness (QED) is 0.745. The molecule has 94 valence electrons. The van der Waals surface area contributed by atoms with E-state index in [9.17, 15) is 4.79 Å². The van der Waals surface area contributed by atoms with Gasteiger partial charge in [-0.2, -0.15) is 0 Å². The molecule has 0 bridgehead atoms. The van der Waals surface area contributed by atoms with Gasteiger partial charge in [0.1, 0.15) is 5.60 Å². The maximum atomic E-state index is 12.3. The molecule has 0 amide bonds. The summed E-state index contributed by atoms with van der Waals surface area (Å²) in [7, 11) is 0. The van der Waals surface area contributed by atoms with E-state index in [0.717, 1.165) is 0 Å². The Morgan fingerprint density at radius 3 is 2.41 bits per heavy atom. The van der Waals surface area contributed by atoms with Crippen molar-refractivity contribution in [2.75, 3.05) is 6.61 Å². The summed E-state index contributed by atoms with van der Waals surface area (Å²) in [6, 6.07) is 4.88. The number of Topliss-reactive ketones (excluding diaryl/α,β-unsaturated/α-hetero) is 1. The highest BCUT2D eigenvalue weighted by Gasteiger charge is 2.32. The minimum Gasteiger partial charge on any atom is -0.367 e. The first-order chi connectivity index (χ1) is 7.94. The second-order valence-corrected chi connectivity index (χ2v) is 4.79. The van der Waals surface area contributed by atoms with Gasteiger partial charge in [0.15, 0.2) is 5.78 Å². The second-order valence-electron chi connectivity index (χ2n) is 3.98. The molecule has 1 aromatic rings. The average Bonchev–Trinajstić information content (AvgIpc) is 2.32. The SMILES string of the molecule is CCOC(C)(CC)C(=O)c1ccc(Cl)c(Cl)c1. The van der Waals surface area contributed by atoms with Gasteiger partial charge in [0.05, 0.1) is 10.0 Å². The van der Waals surface area contributed by atoms with E-state index >= 15 is 0 Å². The number of ether oxygens (including phenoxy) is 1. The minimum absolute atomic E-state index is 0.0691. The van der Waals surface area contributed by atoms with E-state index < -0.39 is 5.60 Å². The lowest BCUT2D eigenvalue weighted by Gasteiger charge is -2.26. The molecular weight excluding hydrogens is 259 g/mol. The van der Waals surface area contributed by atoms with Crippen molar-refractivity contribution >= 4 is 29.0 Å². The number of hydrogen-bond acceptors (Lipinski definition) is 2. The van der Waals surface area contributed by atoms with Gasteiger partial charge in [-0.05, 0) is 38.5 Å². The fraction of sp³-hybridized carbons (Fsp3) is 0.462. The normalized spacial score (nSPS) is 14.4. The van der Waals surface area contributed by atoms with Gasteiger partial charge in [-0.3, -0.25) is 4.79 Å². The predicted octanol–water partition coefficient (Wildman–Crippen LogP) is 4.38. The summed E-state index contributed by atoms with van der Waals surface area (Å²) in [5.41, 5.74) is -0.275. The number of halogens is 2. The molecule has 0 saturated carbocycles. The number of carbonyl (C=O) groups excluding carboxylic acids is 1. The zero-order valence-electron chi connectivity index (χ0n) is 10.2. The van der Waals surface area contributed by atoms with Crippen LogP contribution in [-0.4, -0.2) is 18.0 Å². The Morgan fingerprint density at radius 2 is 1.94 bits per heavy atom. The predicted molar refractivity (Wildman–Crippen MR) is 71.1 cm³/mol. The fourth-order valence-electron chi connectivity index (χ4n) is 1.59. The molecule has 0 radical (unpaired) electrons. The Kier molecular flexibility index (Phi) is 4.99. The standard InChI is InChI=1S/C13H16Cl2O2/c1-4-13(3,17-5-2)12(16)9-6-7-10(14)11(15)8-9/h6-8H,4-5H2,1-3H3. The lowest BCUT2D eigenvalue weighted by Crippen LogP contribution is -2.37. The largest absolute Gasteiger partial charge is 0.367 e. The smallest absolute Gasteiger partial charge is 0.194 e. The third-order valence-electron chi connectivity index (χ3n) is 2.80. The van der Waals surface area contributed by atoms with Crippen LogP contribution in [0.5, 0.6) is 0 Å². The molecular formula is C13H16Cl2O2. The first-order valence-electron chi connectivity index (χ1n) is 5.58. The van der Waals surface area contributed by atoms with E-state index in [1.807, 2.05) is 13.8 Å². The van der Waals surface area contributed by atoms with Gasteiger partial charge >= 0.3 is 0 Å². The summed E-state index contributed by atoms with van der Waals surface area (Å²) < 4.78 is 5.54. The van der Waals surface area contributed by atoms with Crippen molar-refractivity contribution in [3.63, 3.8) is 0 Å². The van der Waals surface area contributed by atoms with E-state index in [4.69, 9.17) is 27.9 Å². The number of hydrogen-bond donors (Lipinski definition) is 0. The van der Waals surface area contributed by atoms with Gasteiger partial charge in [0.2, 0.25) is 0 Å². The number of rotatable bonds is 5. The molecule has 1 aromatic carbocycles. The molecule has 1 atom stereocenters. The number of ketones is 1. The summed E-state index contributed by atoms with van der Waals surface area (Å²) in [6.07, 6.45) is 0.611. The highest BCUT2D eigenvalue weighted by molar-refractivity contribution is 6.42. The molecule has 4 heteroatoms. The topological polar surface area (TPSA) is 26.3 Å². The third kappa shape index (κ3) is 3.21. The van der Waals surface area contributed by atoms with Crippen LogP contribution in [0.3, 0.4) is 0 Å². The molecule has 0 aromatic heterocycles. The summed E-state index contributed by atoms with van der Waals surface area (Å²) in [4.78, 5) is 12.3. The highest BCUT2D eigenvalue weighted by atomic mass is 35.5. The minimum atomic E-state index is -0.800. The van der Waals surface area contributed by atoms with Crippen molar-refractivity contribution in [2.45, 2.75) is 32.8 Å². The molecule has 0 aliphatic rings. The molecule has 0 saturated heterocycles. The van der Waals surface area contributed by atoms with Gasteiger partial charge in [-0.15, -0.1) is 0 Å². The average molecular weight is 275 g/mol. The lowest BCUT2D eigenvalue weighted by molar-refractivity contribution is -0.0116. The van der Waals surface area contributed by atoms with Crippen LogP contribution in [0.2, 0.25) is 10.0 Å². The molecule has 1 unspecified atom stereocenters. The zero-order valence-corrected chi connectivity index (χ0v) is 11.7. The van der Waals surface area contributed by atoms with Crippen molar-refractivity contribution in [1.29, 1.82) is 0 Å². The summed E-state index contributed by atoms with van der Waals surface area (Å²) in [5.74, 6) is -0.0691. The maximum absolute atomic E-state index is 12.3. The van der Waals surface area contributed by atoms with Crippen LogP contribution < -0.4 is 0 Å². The maximum Gasteiger partial charge on any atom is 0.194 e. The van der Waals surface area contributed by atoms with Crippen LogP contribution in [-0.2, 0) is 4.74 Å². The van der Waals surface area contributed by atoms with Crippen LogP contribution in [0, 0.1) is 0 Å². The summed E-state index contributed by atoms with van der Waals surface area (Å²) in [5, 5.41) is 0.824. The Bertz CT molecular complexity index is 418. The van der Waals surface area contributed by atoms with E-state index in [0.29, 0.717) is 28.6 Å². The fourth-order valence-corrected chi connectivity index (χ4v) is 1.89. The van der Waals surface area contributed by atoms with Crippen molar-refractivity contribution in [1.82, 2.24) is 0 Å². The molecule has 0 heterocycles. The zero-order chi connectivity index (χ0) is 13.1. The highest BCUT2D eigenvalue weighted by Crippen LogP contribution is 2.27. The number of carbonyl (C=O) groups is 1. The summed E-state index contributed by atoms with van der Waals surface area (Å²) in [6.45, 7) is 6.08. The van der Waals surface area contributed by atoms with E-state index in [1.54, 1.807) is 25.1 Å². The van der Waals surface area contributed by atoms with Crippen molar-refractivity contribution < 1.29 is 9.53 Å². The first-order valence-corrected chi connectivity index (χ1v) is 6.34. The molecule has 0 N–H and O–H groups in total. The third-order valence-corrected chi connectivity index (χ3v) is 3.54. The van der Waals surface area contributed by atoms with Crippen LogP contribution in [0.15, 0.2) is 18.2 Å². The second kappa shape index (κ2) is 5.85. The molecule has 0 spiro atoms. The Labute approximate surface area is 112 Å². The van der Waals surface area contributed by atoms with Crippen molar-refractivity contribution in [3.8, 4) is 0 Å². The molecule has 1 rings (SSSR count). The van der Waals surface area contributed by atoms with Crippen molar-refractivity contribution in [2.24, 2.45) is 0 Å². The van der Waals surface area contributed by atoms with Gasteiger partial charge in [0, 0.05) is 12.2 Å². The van der Waals surface area contributed by atoms with Crippen LogP contribution in [0.25, 0.3) is 0 Å². The van der Waals surface area contributed by atoms with Gasteiger partial charge in [-0.25, -0.2) is 0 Å². The van der Waals surface area contributed by atoms with E-state index in [-0.39, 0.29) is 5.78 Å². The monoisotopic (exact) mass is 274 g/mol. The molecule has 0 aliphatic carbocycles. The lowest BCUT2D eigenvalue weighted by atomic mass is 9.92. The molecule has 0 fully saturated rings.